The van der Waals surface area contributed by atoms with Crippen LogP contribution in [0, 0.1) is 0 Å². The number of rotatable bonds is 3. The third-order valence-electron chi connectivity index (χ3n) is 6.20. The van der Waals surface area contributed by atoms with E-state index in [1.54, 1.807) is 0 Å². The van der Waals surface area contributed by atoms with Crippen LogP contribution in [0.1, 0.15) is 37.3 Å². The predicted octanol–water partition coefficient (Wildman–Crippen LogP) is 1.94. The van der Waals surface area contributed by atoms with Crippen molar-refractivity contribution >= 4 is 22.8 Å². The number of aromatic amines is 1. The number of H-pyrrole nitrogens is 1. The number of anilines is 2. The molecule has 5 N–H and O–H groups in total. The highest BCUT2D eigenvalue weighted by atomic mass is 16.5. The zero-order valence-electron chi connectivity index (χ0n) is 16.3. The Hall–Kier alpha value is -2.78. The summed E-state index contributed by atoms with van der Waals surface area (Å²) in [6.45, 7) is 3.80. The van der Waals surface area contributed by atoms with Crippen LogP contribution < -0.4 is 11.5 Å². The summed E-state index contributed by atoms with van der Waals surface area (Å²) in [6.07, 6.45) is 6.47. The molecular formula is C20H26N8O. The van der Waals surface area contributed by atoms with Crippen molar-refractivity contribution in [3.63, 3.8) is 0 Å². The van der Waals surface area contributed by atoms with E-state index in [1.165, 1.54) is 12.8 Å². The molecule has 0 atom stereocenters. The first-order valence-electron chi connectivity index (χ1n) is 10.2. The lowest BCUT2D eigenvalue weighted by molar-refractivity contribution is 0.00722. The molecule has 4 heterocycles. The molecule has 29 heavy (non-hydrogen) atoms. The van der Waals surface area contributed by atoms with E-state index >= 15 is 0 Å². The number of hydrogen-bond donors (Lipinski definition) is 3. The SMILES string of the molecule is Nc1nc(N)c2c(-c3cccnc3C3CCC(N4CCOCC4)CC3)n[nH]c2n1. The summed E-state index contributed by atoms with van der Waals surface area (Å²) in [5.41, 5.74) is 15.2. The van der Waals surface area contributed by atoms with E-state index in [2.05, 4.69) is 31.1 Å². The fraction of sp³-hybridized carbons (Fsp3) is 0.500. The summed E-state index contributed by atoms with van der Waals surface area (Å²) in [5.74, 6) is 0.881. The lowest BCUT2D eigenvalue weighted by Gasteiger charge is -2.38. The number of morpholine rings is 1. The molecule has 2 aliphatic rings. The largest absolute Gasteiger partial charge is 0.383 e. The number of hydrogen-bond acceptors (Lipinski definition) is 8. The van der Waals surface area contributed by atoms with E-state index in [4.69, 9.17) is 21.2 Å². The molecule has 3 aromatic heterocycles. The molecular weight excluding hydrogens is 368 g/mol. The van der Waals surface area contributed by atoms with Crippen molar-refractivity contribution < 1.29 is 4.74 Å². The van der Waals surface area contributed by atoms with E-state index in [9.17, 15) is 0 Å². The van der Waals surface area contributed by atoms with Crippen molar-refractivity contribution in [3.05, 3.63) is 24.0 Å². The zero-order valence-corrected chi connectivity index (χ0v) is 16.3. The minimum atomic E-state index is 0.137. The smallest absolute Gasteiger partial charge is 0.224 e. The van der Waals surface area contributed by atoms with Gasteiger partial charge in [-0.05, 0) is 37.8 Å². The van der Waals surface area contributed by atoms with Gasteiger partial charge in [0.1, 0.15) is 11.5 Å². The van der Waals surface area contributed by atoms with Gasteiger partial charge in [-0.15, -0.1) is 0 Å². The van der Waals surface area contributed by atoms with Gasteiger partial charge in [-0.3, -0.25) is 15.0 Å². The fourth-order valence-corrected chi connectivity index (χ4v) is 4.77. The number of nitrogens with two attached hydrogens (primary N) is 2. The van der Waals surface area contributed by atoms with Crippen molar-refractivity contribution in [1.29, 1.82) is 0 Å². The summed E-state index contributed by atoms with van der Waals surface area (Å²) < 4.78 is 5.50. The Morgan fingerprint density at radius 1 is 1.07 bits per heavy atom. The van der Waals surface area contributed by atoms with Gasteiger partial charge in [0, 0.05) is 36.8 Å². The molecule has 0 aromatic carbocycles. The van der Waals surface area contributed by atoms with Crippen molar-refractivity contribution in [1.82, 2.24) is 30.0 Å². The Labute approximate surface area is 168 Å². The van der Waals surface area contributed by atoms with Crippen molar-refractivity contribution in [2.24, 2.45) is 0 Å². The van der Waals surface area contributed by atoms with E-state index in [1.807, 2.05) is 12.3 Å². The molecule has 1 saturated heterocycles. The number of nitrogen functional groups attached to an aromatic ring is 2. The van der Waals surface area contributed by atoms with Crippen molar-refractivity contribution in [2.75, 3.05) is 37.8 Å². The standard InChI is InChI=1S/C20H26N8O/c21-18-15-17(26-27-19(15)25-20(22)24-18)14-2-1-7-23-16(14)12-3-5-13(6-4-12)28-8-10-29-11-9-28/h1-2,7,12-13H,3-6,8-11H2,(H5,21,22,24,25,26,27). The molecule has 1 aliphatic carbocycles. The van der Waals surface area contributed by atoms with Gasteiger partial charge < -0.3 is 16.2 Å². The minimum Gasteiger partial charge on any atom is -0.383 e. The number of fused-ring (bicyclic) bond motifs is 1. The van der Waals surface area contributed by atoms with Gasteiger partial charge in [0.15, 0.2) is 5.65 Å². The molecule has 2 fully saturated rings. The van der Waals surface area contributed by atoms with E-state index < -0.39 is 0 Å². The molecule has 0 radical (unpaired) electrons. The number of ether oxygens (including phenoxy) is 1. The number of nitrogens with zero attached hydrogens (tertiary/aromatic N) is 5. The predicted molar refractivity (Wildman–Crippen MR) is 111 cm³/mol. The maximum atomic E-state index is 6.14. The van der Waals surface area contributed by atoms with Crippen LogP contribution in [-0.2, 0) is 4.74 Å². The molecule has 9 nitrogen and oxygen atoms in total. The van der Waals surface area contributed by atoms with Crippen LogP contribution in [0.5, 0.6) is 0 Å². The number of aromatic nitrogens is 5. The van der Waals surface area contributed by atoms with E-state index in [0.717, 1.165) is 56.1 Å². The molecule has 9 heteroatoms. The topological polar surface area (TPSA) is 132 Å². The Kier molecular flexibility index (Phi) is 4.76. The Morgan fingerprint density at radius 2 is 1.86 bits per heavy atom. The van der Waals surface area contributed by atoms with Gasteiger partial charge in [0.25, 0.3) is 0 Å². The van der Waals surface area contributed by atoms with Crippen molar-refractivity contribution in [2.45, 2.75) is 37.6 Å². The Bertz CT molecular complexity index is 1000. The van der Waals surface area contributed by atoms with Crippen LogP contribution in [0.15, 0.2) is 18.3 Å². The average molecular weight is 394 g/mol. The summed E-state index contributed by atoms with van der Waals surface area (Å²) in [7, 11) is 0. The maximum Gasteiger partial charge on any atom is 0.224 e. The Balaban J connectivity index is 1.42. The number of pyridine rings is 1. The first kappa shape index (κ1) is 18.3. The van der Waals surface area contributed by atoms with Gasteiger partial charge in [-0.1, -0.05) is 0 Å². The second-order valence-corrected chi connectivity index (χ2v) is 7.85. The van der Waals surface area contributed by atoms with Crippen LogP contribution in [-0.4, -0.2) is 62.4 Å². The normalized spacial score (nSPS) is 23.4. The maximum absolute atomic E-state index is 6.14. The molecule has 5 rings (SSSR count). The van der Waals surface area contributed by atoms with Gasteiger partial charge in [0.2, 0.25) is 5.95 Å². The summed E-state index contributed by atoms with van der Waals surface area (Å²) in [4.78, 5) is 15.7. The fourth-order valence-electron chi connectivity index (χ4n) is 4.77. The Morgan fingerprint density at radius 3 is 2.66 bits per heavy atom. The van der Waals surface area contributed by atoms with Crippen LogP contribution in [0.25, 0.3) is 22.3 Å². The molecule has 0 spiro atoms. The van der Waals surface area contributed by atoms with Gasteiger partial charge in [-0.2, -0.15) is 15.1 Å². The molecule has 0 bridgehead atoms. The number of nitrogens with one attached hydrogen (secondary N) is 1. The zero-order chi connectivity index (χ0) is 19.8. The van der Waals surface area contributed by atoms with Crippen LogP contribution in [0.2, 0.25) is 0 Å². The highest BCUT2D eigenvalue weighted by Gasteiger charge is 2.30. The van der Waals surface area contributed by atoms with Gasteiger partial charge in [0.05, 0.1) is 24.3 Å². The average Bonchev–Trinajstić information content (AvgIpc) is 3.18. The highest BCUT2D eigenvalue weighted by Crippen LogP contribution is 2.39. The summed E-state index contributed by atoms with van der Waals surface area (Å²) in [6, 6.07) is 4.65. The first-order valence-corrected chi connectivity index (χ1v) is 10.2. The second kappa shape index (κ2) is 7.57. The lowest BCUT2D eigenvalue weighted by atomic mass is 9.81. The van der Waals surface area contributed by atoms with E-state index in [-0.39, 0.29) is 5.95 Å². The third kappa shape index (κ3) is 3.40. The van der Waals surface area contributed by atoms with Crippen LogP contribution >= 0.6 is 0 Å². The second-order valence-electron chi connectivity index (χ2n) is 7.85. The highest BCUT2D eigenvalue weighted by molar-refractivity contribution is 5.98. The minimum absolute atomic E-state index is 0.137. The summed E-state index contributed by atoms with van der Waals surface area (Å²) >= 11 is 0. The van der Waals surface area contributed by atoms with Gasteiger partial charge >= 0.3 is 0 Å². The van der Waals surface area contributed by atoms with Gasteiger partial charge in [-0.25, -0.2) is 0 Å². The molecule has 0 amide bonds. The van der Waals surface area contributed by atoms with E-state index in [0.29, 0.717) is 28.8 Å². The van der Waals surface area contributed by atoms with Crippen LogP contribution in [0.3, 0.4) is 0 Å². The molecule has 1 aliphatic heterocycles. The lowest BCUT2D eigenvalue weighted by Crippen LogP contribution is -2.44. The monoisotopic (exact) mass is 394 g/mol. The molecule has 152 valence electrons. The first-order chi connectivity index (χ1) is 14.2. The molecule has 1 saturated carbocycles. The quantitative estimate of drug-likeness (QED) is 0.614. The molecule has 3 aromatic rings. The van der Waals surface area contributed by atoms with Crippen LogP contribution in [0.4, 0.5) is 11.8 Å². The third-order valence-corrected chi connectivity index (χ3v) is 6.20. The molecule has 0 unspecified atom stereocenters. The summed E-state index contributed by atoms with van der Waals surface area (Å²) in [5, 5.41) is 8.13. The van der Waals surface area contributed by atoms with Crippen molar-refractivity contribution in [3.8, 4) is 11.3 Å².